The summed E-state index contributed by atoms with van der Waals surface area (Å²) in [6.07, 6.45) is 3.91. The minimum atomic E-state index is -1.17. The van der Waals surface area contributed by atoms with Crippen molar-refractivity contribution in [2.24, 2.45) is 5.92 Å². The summed E-state index contributed by atoms with van der Waals surface area (Å²) in [5, 5.41) is 34.3. The lowest BCUT2D eigenvalue weighted by atomic mass is 9.98. The first-order valence-electron chi connectivity index (χ1n) is 12.7. The van der Waals surface area contributed by atoms with Crippen LogP contribution in [0.2, 0.25) is 0 Å². The van der Waals surface area contributed by atoms with Crippen molar-refractivity contribution in [2.45, 2.75) is 25.4 Å². The molecule has 0 saturated carbocycles. The predicted molar refractivity (Wildman–Crippen MR) is 144 cm³/mol. The maximum atomic E-state index is 12.0. The number of carboxylic acids is 1. The van der Waals surface area contributed by atoms with Gasteiger partial charge in [-0.15, -0.1) is 0 Å². The molecule has 0 amide bonds. The topological polar surface area (TPSA) is 147 Å². The van der Waals surface area contributed by atoms with Crippen LogP contribution in [-0.4, -0.2) is 59.2 Å². The lowest BCUT2D eigenvalue weighted by molar-refractivity contribution is 0.0690. The van der Waals surface area contributed by atoms with Crippen molar-refractivity contribution >= 4 is 29.2 Å². The van der Waals surface area contributed by atoms with E-state index in [-0.39, 0.29) is 29.4 Å². The fourth-order valence-corrected chi connectivity index (χ4v) is 4.79. The Hall–Kier alpha value is -4.49. The van der Waals surface area contributed by atoms with Crippen LogP contribution in [0.4, 0.5) is 17.3 Å². The van der Waals surface area contributed by atoms with Gasteiger partial charge in [0.2, 0.25) is 5.90 Å². The van der Waals surface area contributed by atoms with Gasteiger partial charge < -0.3 is 25.4 Å². The summed E-state index contributed by atoms with van der Waals surface area (Å²) in [6, 6.07) is 16.9. The number of ether oxygens (including phenoxy) is 1. The molecule has 38 heavy (non-hydrogen) atoms. The van der Waals surface area contributed by atoms with E-state index < -0.39 is 5.97 Å². The maximum absolute atomic E-state index is 12.0. The highest BCUT2D eigenvalue weighted by Crippen LogP contribution is 2.33. The molecule has 0 radical (unpaired) electrons. The first-order chi connectivity index (χ1) is 18.5. The van der Waals surface area contributed by atoms with Crippen LogP contribution in [0.3, 0.4) is 0 Å². The van der Waals surface area contributed by atoms with E-state index in [2.05, 4.69) is 31.6 Å². The highest BCUT2D eigenvalue weighted by molar-refractivity contribution is 6.05. The first kappa shape index (κ1) is 25.2. The minimum absolute atomic E-state index is 0.0796. The van der Waals surface area contributed by atoms with Crippen molar-refractivity contribution in [3.63, 3.8) is 0 Å². The molecule has 2 fully saturated rings. The fourth-order valence-electron chi connectivity index (χ4n) is 4.79. The standard InChI is InChI=1S/C28H29N7O3/c29-15-18-9-12-35(13-10-18)24-7-6-19(16-32-24)22-14-23(28(36)37)34-27(33-20-4-2-1-3-5-20)25(22)26(30)38-21-8-11-31-17-21/h1-7,14,16,18,21,30-31H,8-13,17H2,(H,33,34)(H,36,37). The van der Waals surface area contributed by atoms with Gasteiger partial charge in [-0.3, -0.25) is 5.41 Å². The van der Waals surface area contributed by atoms with E-state index in [1.54, 1.807) is 6.20 Å². The summed E-state index contributed by atoms with van der Waals surface area (Å²) in [4.78, 5) is 23.2. The monoisotopic (exact) mass is 511 g/mol. The molecule has 2 aromatic heterocycles. The number of piperidine rings is 1. The fraction of sp³-hybridized carbons (Fsp3) is 0.321. The van der Waals surface area contributed by atoms with Gasteiger partial charge in [0.25, 0.3) is 0 Å². The number of aromatic nitrogens is 2. The summed E-state index contributed by atoms with van der Waals surface area (Å²) >= 11 is 0. The average Bonchev–Trinajstić information content (AvgIpc) is 3.46. The van der Waals surface area contributed by atoms with Crippen LogP contribution >= 0.6 is 0 Å². The molecular weight excluding hydrogens is 482 g/mol. The number of nitrogens with one attached hydrogen (secondary N) is 3. The van der Waals surface area contributed by atoms with E-state index in [0.29, 0.717) is 28.9 Å². The third kappa shape index (κ3) is 5.58. The molecule has 1 unspecified atom stereocenters. The zero-order valence-corrected chi connectivity index (χ0v) is 20.9. The van der Waals surface area contributed by atoms with Gasteiger partial charge in [0, 0.05) is 48.6 Å². The molecule has 10 nitrogen and oxygen atoms in total. The first-order valence-corrected chi connectivity index (χ1v) is 12.7. The normalized spacial score (nSPS) is 17.6. The van der Waals surface area contributed by atoms with E-state index in [4.69, 9.17) is 10.1 Å². The Bertz CT molecular complexity index is 1340. The number of aromatic carboxylic acids is 1. The molecule has 10 heteroatoms. The third-order valence-electron chi connectivity index (χ3n) is 6.86. The zero-order valence-electron chi connectivity index (χ0n) is 20.9. The lowest BCUT2D eigenvalue weighted by Crippen LogP contribution is -2.33. The number of rotatable bonds is 7. The van der Waals surface area contributed by atoms with Crippen LogP contribution in [0.25, 0.3) is 11.1 Å². The minimum Gasteiger partial charge on any atom is -0.477 e. The number of benzene rings is 1. The largest absolute Gasteiger partial charge is 0.477 e. The van der Waals surface area contributed by atoms with Crippen LogP contribution in [-0.2, 0) is 4.74 Å². The van der Waals surface area contributed by atoms with Crippen molar-refractivity contribution in [3.8, 4) is 17.2 Å². The lowest BCUT2D eigenvalue weighted by Gasteiger charge is -2.30. The summed E-state index contributed by atoms with van der Waals surface area (Å²) in [6.45, 7) is 2.96. The van der Waals surface area contributed by atoms with E-state index in [0.717, 1.165) is 44.7 Å². The van der Waals surface area contributed by atoms with Gasteiger partial charge in [0.1, 0.15) is 17.7 Å². The van der Waals surface area contributed by atoms with Gasteiger partial charge in [-0.2, -0.15) is 5.26 Å². The second-order valence-electron chi connectivity index (χ2n) is 9.43. The van der Waals surface area contributed by atoms with Crippen LogP contribution in [0.1, 0.15) is 35.3 Å². The maximum Gasteiger partial charge on any atom is 0.354 e. The Morgan fingerprint density at radius 2 is 1.97 bits per heavy atom. The van der Waals surface area contributed by atoms with Gasteiger partial charge in [-0.05, 0) is 56.1 Å². The van der Waals surface area contributed by atoms with Gasteiger partial charge in [-0.1, -0.05) is 18.2 Å². The van der Waals surface area contributed by atoms with Gasteiger partial charge in [0.15, 0.2) is 5.69 Å². The quantitative estimate of drug-likeness (QED) is 0.273. The number of nitrogens with zero attached hydrogens (tertiary/aromatic N) is 4. The molecule has 5 rings (SSSR count). The molecule has 4 N–H and O–H groups in total. The molecule has 4 heterocycles. The second kappa shape index (κ2) is 11.3. The van der Waals surface area contributed by atoms with Gasteiger partial charge in [-0.25, -0.2) is 14.8 Å². The van der Waals surface area contributed by atoms with Crippen molar-refractivity contribution < 1.29 is 14.6 Å². The summed E-state index contributed by atoms with van der Waals surface area (Å²) < 4.78 is 6.02. The van der Waals surface area contributed by atoms with E-state index in [1.165, 1.54) is 6.07 Å². The smallest absolute Gasteiger partial charge is 0.354 e. The van der Waals surface area contributed by atoms with E-state index in [9.17, 15) is 15.2 Å². The molecule has 0 aliphatic carbocycles. The van der Waals surface area contributed by atoms with Crippen molar-refractivity contribution in [1.29, 1.82) is 10.7 Å². The Labute approximate surface area is 220 Å². The van der Waals surface area contributed by atoms with Crippen molar-refractivity contribution in [2.75, 3.05) is 36.4 Å². The zero-order chi connectivity index (χ0) is 26.5. The summed E-state index contributed by atoms with van der Waals surface area (Å²) in [5.74, 6) is -0.156. The average molecular weight is 512 g/mol. The number of pyridine rings is 2. The number of hydrogen-bond donors (Lipinski definition) is 4. The highest BCUT2D eigenvalue weighted by atomic mass is 16.5. The Morgan fingerprint density at radius 1 is 1.18 bits per heavy atom. The molecule has 2 aliphatic heterocycles. The molecule has 194 valence electrons. The SMILES string of the molecule is N#CC1CCN(c2ccc(-c3cc(C(=O)O)nc(Nc4ccccc4)c3C(=N)OC3CCNC3)cn2)CC1. The number of carboxylic acid groups (broad SMARTS) is 1. The Kier molecular flexibility index (Phi) is 7.47. The van der Waals surface area contributed by atoms with Crippen LogP contribution < -0.4 is 15.5 Å². The van der Waals surface area contributed by atoms with E-state index in [1.807, 2.05) is 42.5 Å². The predicted octanol–water partition coefficient (Wildman–Crippen LogP) is 4.03. The molecule has 0 bridgehead atoms. The number of hydrogen-bond acceptors (Lipinski definition) is 9. The summed E-state index contributed by atoms with van der Waals surface area (Å²) in [7, 11) is 0. The Morgan fingerprint density at radius 3 is 2.61 bits per heavy atom. The summed E-state index contributed by atoms with van der Waals surface area (Å²) in [5.41, 5.74) is 2.07. The molecule has 3 aromatic rings. The number of anilines is 3. The molecule has 1 aromatic carbocycles. The van der Waals surface area contributed by atoms with Crippen LogP contribution in [0.15, 0.2) is 54.7 Å². The van der Waals surface area contributed by atoms with Gasteiger partial charge in [0.05, 0.1) is 11.6 Å². The van der Waals surface area contributed by atoms with Crippen molar-refractivity contribution in [3.05, 3.63) is 66.0 Å². The molecule has 1 atom stereocenters. The molecule has 2 aliphatic rings. The van der Waals surface area contributed by atoms with Crippen LogP contribution in [0.5, 0.6) is 0 Å². The Balaban J connectivity index is 1.54. The number of nitriles is 1. The van der Waals surface area contributed by atoms with Crippen molar-refractivity contribution in [1.82, 2.24) is 15.3 Å². The number of para-hydroxylation sites is 1. The number of carbonyl (C=O) groups is 1. The molecular formula is C28H29N7O3. The molecule has 0 spiro atoms. The molecule has 2 saturated heterocycles. The second-order valence-corrected chi connectivity index (χ2v) is 9.43. The highest BCUT2D eigenvalue weighted by Gasteiger charge is 2.26. The van der Waals surface area contributed by atoms with E-state index >= 15 is 0 Å². The van der Waals surface area contributed by atoms with Crippen LogP contribution in [0, 0.1) is 22.7 Å². The third-order valence-corrected chi connectivity index (χ3v) is 6.86. The van der Waals surface area contributed by atoms with Gasteiger partial charge >= 0.3 is 5.97 Å².